The van der Waals surface area contributed by atoms with E-state index in [0.717, 1.165) is 19.4 Å². The molecule has 0 unspecified atom stereocenters. The van der Waals surface area contributed by atoms with Crippen LogP contribution in [0.2, 0.25) is 0 Å². The molecule has 0 saturated carbocycles. The first-order valence-corrected chi connectivity index (χ1v) is 10.0. The molecule has 2 aliphatic rings. The van der Waals surface area contributed by atoms with Gasteiger partial charge in [-0.15, -0.1) is 5.10 Å². The van der Waals surface area contributed by atoms with Crippen molar-refractivity contribution in [3.63, 3.8) is 0 Å². The monoisotopic (exact) mass is 386 g/mol. The third-order valence-electron chi connectivity index (χ3n) is 5.59. The van der Waals surface area contributed by atoms with Gasteiger partial charge in [0, 0.05) is 44.9 Å². The molecule has 28 heavy (non-hydrogen) atoms. The van der Waals surface area contributed by atoms with E-state index in [1.54, 1.807) is 23.4 Å². The molecule has 0 aromatic carbocycles. The van der Waals surface area contributed by atoms with Crippen LogP contribution in [0.3, 0.4) is 0 Å². The molecular weight excluding hydrogens is 360 g/mol. The molecular formula is C19H26N6O3. The summed E-state index contributed by atoms with van der Waals surface area (Å²) in [6.45, 7) is 4.60. The van der Waals surface area contributed by atoms with Gasteiger partial charge in [0.1, 0.15) is 5.60 Å². The van der Waals surface area contributed by atoms with Gasteiger partial charge in [-0.2, -0.15) is 4.98 Å². The minimum Gasteiger partial charge on any atom is -0.441 e. The number of fused-ring (bicyclic) bond motifs is 1. The molecule has 9 nitrogen and oxygen atoms in total. The van der Waals surface area contributed by atoms with Crippen LogP contribution in [0.5, 0.6) is 0 Å². The molecule has 150 valence electrons. The molecule has 0 bridgehead atoms. The molecule has 1 spiro atoms. The maximum atomic E-state index is 12.7. The first kappa shape index (κ1) is 18.6. The summed E-state index contributed by atoms with van der Waals surface area (Å²) in [5, 5.41) is 4.21. The van der Waals surface area contributed by atoms with Crippen LogP contribution in [0, 0.1) is 0 Å². The van der Waals surface area contributed by atoms with Crippen molar-refractivity contribution < 1.29 is 14.3 Å². The molecule has 0 radical (unpaired) electrons. The predicted octanol–water partition coefficient (Wildman–Crippen LogP) is 2.13. The number of carbonyl (C=O) groups is 2. The Kier molecular flexibility index (Phi) is 5.15. The zero-order valence-corrected chi connectivity index (χ0v) is 16.2. The highest BCUT2D eigenvalue weighted by molar-refractivity contribution is 5.91. The molecule has 9 heteroatoms. The second-order valence-corrected chi connectivity index (χ2v) is 7.63. The van der Waals surface area contributed by atoms with Gasteiger partial charge in [-0.3, -0.25) is 4.79 Å². The van der Waals surface area contributed by atoms with Crippen LogP contribution in [-0.2, 0) is 4.74 Å². The van der Waals surface area contributed by atoms with E-state index in [4.69, 9.17) is 4.74 Å². The van der Waals surface area contributed by atoms with Gasteiger partial charge in [0.05, 0.1) is 6.54 Å². The highest BCUT2D eigenvalue weighted by Gasteiger charge is 2.47. The summed E-state index contributed by atoms with van der Waals surface area (Å²) in [7, 11) is 0. The van der Waals surface area contributed by atoms with Crippen LogP contribution in [0.15, 0.2) is 18.5 Å². The van der Waals surface area contributed by atoms with Crippen molar-refractivity contribution in [2.45, 2.75) is 51.0 Å². The Labute approximate surface area is 163 Å². The number of ether oxygens (including phenoxy) is 1. The van der Waals surface area contributed by atoms with Crippen LogP contribution in [-0.4, -0.2) is 73.2 Å². The van der Waals surface area contributed by atoms with E-state index in [1.807, 2.05) is 4.90 Å². The van der Waals surface area contributed by atoms with Crippen LogP contribution in [0.1, 0.15) is 56.1 Å². The summed E-state index contributed by atoms with van der Waals surface area (Å²) < 4.78 is 7.24. The first-order chi connectivity index (χ1) is 13.6. The van der Waals surface area contributed by atoms with E-state index in [9.17, 15) is 9.59 Å². The topological polar surface area (TPSA) is 92.9 Å². The van der Waals surface area contributed by atoms with Gasteiger partial charge in [-0.1, -0.05) is 26.2 Å². The quantitative estimate of drug-likeness (QED) is 0.706. The number of piperidine rings is 1. The van der Waals surface area contributed by atoms with E-state index in [-0.39, 0.29) is 17.8 Å². The van der Waals surface area contributed by atoms with Gasteiger partial charge in [0.25, 0.3) is 11.7 Å². The average molecular weight is 386 g/mol. The summed E-state index contributed by atoms with van der Waals surface area (Å²) in [5.74, 6) is 0.347. The molecule has 2 fully saturated rings. The molecule has 2 aliphatic heterocycles. The maximum Gasteiger partial charge on any atom is 0.410 e. The third-order valence-corrected chi connectivity index (χ3v) is 5.59. The second kappa shape index (κ2) is 7.73. The van der Waals surface area contributed by atoms with Crippen LogP contribution >= 0.6 is 0 Å². The zero-order chi connectivity index (χ0) is 19.6. The van der Waals surface area contributed by atoms with Crippen LogP contribution in [0.4, 0.5) is 4.79 Å². The fourth-order valence-electron chi connectivity index (χ4n) is 3.94. The Hall–Kier alpha value is -2.71. The minimum absolute atomic E-state index is 0.149. The number of unbranched alkanes of at least 4 members (excludes halogenated alkanes) is 3. The van der Waals surface area contributed by atoms with E-state index in [2.05, 4.69) is 22.0 Å². The van der Waals surface area contributed by atoms with Crippen molar-refractivity contribution in [1.82, 2.24) is 29.4 Å². The highest BCUT2D eigenvalue weighted by Crippen LogP contribution is 2.33. The van der Waals surface area contributed by atoms with E-state index < -0.39 is 5.60 Å². The third kappa shape index (κ3) is 3.65. The first-order valence-electron chi connectivity index (χ1n) is 10.0. The average Bonchev–Trinajstić information content (AvgIpc) is 3.27. The Balaban J connectivity index is 1.34. The largest absolute Gasteiger partial charge is 0.441 e. The zero-order valence-electron chi connectivity index (χ0n) is 16.2. The number of rotatable bonds is 6. The highest BCUT2D eigenvalue weighted by atomic mass is 16.6. The number of amides is 2. The summed E-state index contributed by atoms with van der Waals surface area (Å²) in [4.78, 5) is 36.8. The maximum absolute atomic E-state index is 12.7. The van der Waals surface area contributed by atoms with E-state index in [0.29, 0.717) is 38.3 Å². The number of likely N-dealkylation sites (tertiary alicyclic amines) is 1. The Morgan fingerprint density at radius 1 is 1.25 bits per heavy atom. The molecule has 2 amide bonds. The normalized spacial score (nSPS) is 18.8. The number of hydrogen-bond acceptors (Lipinski definition) is 6. The SMILES string of the molecule is CCCCCCN1CC2(CCN(C(=O)c3nc4ncccn4n3)CC2)OC1=O. The molecule has 2 aromatic heterocycles. The lowest BCUT2D eigenvalue weighted by Crippen LogP contribution is -2.49. The van der Waals surface area contributed by atoms with Gasteiger partial charge < -0.3 is 14.5 Å². The van der Waals surface area contributed by atoms with Gasteiger partial charge in [-0.05, 0) is 12.5 Å². The molecule has 2 saturated heterocycles. The summed E-state index contributed by atoms with van der Waals surface area (Å²) >= 11 is 0. The summed E-state index contributed by atoms with van der Waals surface area (Å²) in [5.41, 5.74) is -0.466. The molecule has 0 atom stereocenters. The molecule has 4 heterocycles. The van der Waals surface area contributed by atoms with E-state index in [1.165, 1.54) is 17.4 Å². The molecule has 4 rings (SSSR count). The number of aromatic nitrogens is 4. The smallest absolute Gasteiger partial charge is 0.410 e. The van der Waals surface area contributed by atoms with Crippen molar-refractivity contribution in [1.29, 1.82) is 0 Å². The second-order valence-electron chi connectivity index (χ2n) is 7.63. The fourth-order valence-corrected chi connectivity index (χ4v) is 3.94. The van der Waals surface area contributed by atoms with Crippen molar-refractivity contribution in [2.24, 2.45) is 0 Å². The van der Waals surface area contributed by atoms with Gasteiger partial charge in [0.2, 0.25) is 5.82 Å². The Bertz CT molecular complexity index is 825. The standard InChI is InChI=1S/C19H26N6O3/c1-2-3-4-5-10-24-14-19(28-18(24)27)7-12-23(13-8-19)16(26)15-21-17-20-9-6-11-25(17)22-15/h6,9,11H,2-5,7-8,10,12-14H2,1H3. The molecule has 2 aromatic rings. The predicted molar refractivity (Wildman–Crippen MR) is 101 cm³/mol. The Morgan fingerprint density at radius 3 is 2.82 bits per heavy atom. The number of hydrogen-bond donors (Lipinski definition) is 0. The molecule has 0 N–H and O–H groups in total. The van der Waals surface area contributed by atoms with Crippen molar-refractivity contribution in [2.75, 3.05) is 26.2 Å². The minimum atomic E-state index is -0.466. The molecule has 0 aliphatic carbocycles. The summed E-state index contributed by atoms with van der Waals surface area (Å²) in [6.07, 6.45) is 8.91. The van der Waals surface area contributed by atoms with Crippen LogP contribution < -0.4 is 0 Å². The lowest BCUT2D eigenvalue weighted by molar-refractivity contribution is 0.00279. The van der Waals surface area contributed by atoms with Gasteiger partial charge in [0.15, 0.2) is 0 Å². The summed E-state index contributed by atoms with van der Waals surface area (Å²) in [6, 6.07) is 1.74. The van der Waals surface area contributed by atoms with Crippen LogP contribution in [0.25, 0.3) is 5.78 Å². The number of carbonyl (C=O) groups excluding carboxylic acids is 2. The lowest BCUT2D eigenvalue weighted by atomic mass is 9.91. The van der Waals surface area contributed by atoms with E-state index >= 15 is 0 Å². The number of nitrogens with zero attached hydrogens (tertiary/aromatic N) is 6. The lowest BCUT2D eigenvalue weighted by Gasteiger charge is -2.36. The Morgan fingerprint density at radius 2 is 2.07 bits per heavy atom. The van der Waals surface area contributed by atoms with Gasteiger partial charge in [-0.25, -0.2) is 14.3 Å². The van der Waals surface area contributed by atoms with Crippen molar-refractivity contribution >= 4 is 17.8 Å². The van der Waals surface area contributed by atoms with Crippen molar-refractivity contribution in [3.8, 4) is 0 Å². The van der Waals surface area contributed by atoms with Crippen molar-refractivity contribution in [3.05, 3.63) is 24.3 Å². The fraction of sp³-hybridized carbons (Fsp3) is 0.632. The van der Waals surface area contributed by atoms with Gasteiger partial charge >= 0.3 is 6.09 Å².